The Morgan fingerprint density at radius 2 is 2.25 bits per heavy atom. The molecule has 12 heavy (non-hydrogen) atoms. The zero-order chi connectivity index (χ0) is 9.19. The second kappa shape index (κ2) is 3.26. The van der Waals surface area contributed by atoms with Crippen molar-refractivity contribution in [3.63, 3.8) is 0 Å². The molecule has 0 spiro atoms. The fourth-order valence-corrected chi connectivity index (χ4v) is 1.53. The summed E-state index contributed by atoms with van der Waals surface area (Å²) in [5, 5.41) is 0. The van der Waals surface area contributed by atoms with E-state index in [2.05, 4.69) is 19.9 Å². The molecule has 0 heterocycles. The van der Waals surface area contributed by atoms with Crippen molar-refractivity contribution in [1.29, 1.82) is 0 Å². The third-order valence-corrected chi connectivity index (χ3v) is 2.50. The van der Waals surface area contributed by atoms with Gasteiger partial charge in [-0.3, -0.25) is 4.79 Å². The lowest BCUT2D eigenvalue weighted by Crippen LogP contribution is -2.26. The topological polar surface area (TPSA) is 17.1 Å². The van der Waals surface area contributed by atoms with E-state index >= 15 is 0 Å². The molecule has 1 unspecified atom stereocenters. The summed E-state index contributed by atoms with van der Waals surface area (Å²) in [6, 6.07) is 0. The molecule has 1 nitrogen and oxygen atoms in total. The van der Waals surface area contributed by atoms with Crippen LogP contribution < -0.4 is 0 Å². The van der Waals surface area contributed by atoms with Crippen LogP contribution in [-0.2, 0) is 4.79 Å². The van der Waals surface area contributed by atoms with E-state index < -0.39 is 0 Å². The Hall–Kier alpha value is -0.850. The molecule has 0 fully saturated rings. The normalized spacial score (nSPS) is 28.2. The molecular formula is C11H16O. The van der Waals surface area contributed by atoms with Crippen molar-refractivity contribution >= 4 is 5.78 Å². The first kappa shape index (κ1) is 9.24. The van der Waals surface area contributed by atoms with Gasteiger partial charge in [0.2, 0.25) is 0 Å². The number of hydrogen-bond acceptors (Lipinski definition) is 1. The molecule has 1 rings (SSSR count). The van der Waals surface area contributed by atoms with Crippen molar-refractivity contribution in [1.82, 2.24) is 0 Å². The summed E-state index contributed by atoms with van der Waals surface area (Å²) in [5.74, 6) is 0.623. The molecule has 0 aromatic rings. The third kappa shape index (κ3) is 1.84. The first-order chi connectivity index (χ1) is 5.56. The van der Waals surface area contributed by atoms with Crippen LogP contribution in [0.1, 0.15) is 27.2 Å². The lowest BCUT2D eigenvalue weighted by atomic mass is 9.72. The summed E-state index contributed by atoms with van der Waals surface area (Å²) < 4.78 is 0. The van der Waals surface area contributed by atoms with Gasteiger partial charge in [-0.1, -0.05) is 32.1 Å². The summed E-state index contributed by atoms with van der Waals surface area (Å²) in [6.45, 7) is 6.33. The predicted octanol–water partition coefficient (Wildman–Crippen LogP) is 2.73. The fourth-order valence-electron chi connectivity index (χ4n) is 1.53. The highest BCUT2D eigenvalue weighted by Crippen LogP contribution is 2.35. The van der Waals surface area contributed by atoms with Crippen LogP contribution in [0, 0.1) is 11.3 Å². The van der Waals surface area contributed by atoms with E-state index in [0.29, 0.717) is 12.3 Å². The van der Waals surface area contributed by atoms with E-state index in [9.17, 15) is 4.79 Å². The second-order valence-corrected chi connectivity index (χ2v) is 3.96. The lowest BCUT2D eigenvalue weighted by molar-refractivity contribution is -0.116. The van der Waals surface area contributed by atoms with E-state index in [1.807, 2.05) is 19.1 Å². The zero-order valence-electron chi connectivity index (χ0n) is 8.00. The summed E-state index contributed by atoms with van der Waals surface area (Å²) in [6.07, 6.45) is 8.54. The number of carbonyl (C=O) groups is 1. The first-order valence-corrected chi connectivity index (χ1v) is 4.41. The number of allylic oxidation sites excluding steroid dienone is 4. The molecule has 1 aliphatic rings. The van der Waals surface area contributed by atoms with Gasteiger partial charge in [0.25, 0.3) is 0 Å². The molecule has 0 amide bonds. The summed E-state index contributed by atoms with van der Waals surface area (Å²) in [7, 11) is 0. The van der Waals surface area contributed by atoms with Crippen LogP contribution in [0.15, 0.2) is 24.3 Å². The van der Waals surface area contributed by atoms with E-state index in [1.165, 1.54) is 0 Å². The van der Waals surface area contributed by atoms with Crippen LogP contribution in [0.3, 0.4) is 0 Å². The van der Waals surface area contributed by atoms with Gasteiger partial charge in [-0.15, -0.1) is 0 Å². The maximum absolute atomic E-state index is 11.1. The summed E-state index contributed by atoms with van der Waals surface area (Å²) in [4.78, 5) is 11.1. The van der Waals surface area contributed by atoms with E-state index in [-0.39, 0.29) is 11.2 Å². The van der Waals surface area contributed by atoms with Gasteiger partial charge >= 0.3 is 0 Å². The van der Waals surface area contributed by atoms with Crippen LogP contribution in [0.4, 0.5) is 0 Å². The maximum atomic E-state index is 11.1. The van der Waals surface area contributed by atoms with Crippen molar-refractivity contribution in [2.24, 2.45) is 11.3 Å². The summed E-state index contributed by atoms with van der Waals surface area (Å²) in [5.41, 5.74) is 0.139. The Labute approximate surface area is 74.2 Å². The van der Waals surface area contributed by atoms with E-state index in [0.717, 1.165) is 0 Å². The largest absolute Gasteiger partial charge is 0.295 e. The van der Waals surface area contributed by atoms with E-state index in [1.54, 1.807) is 6.08 Å². The van der Waals surface area contributed by atoms with Crippen molar-refractivity contribution in [2.45, 2.75) is 27.2 Å². The Morgan fingerprint density at radius 1 is 1.58 bits per heavy atom. The van der Waals surface area contributed by atoms with Crippen LogP contribution in [-0.4, -0.2) is 5.78 Å². The van der Waals surface area contributed by atoms with Crippen LogP contribution in [0.2, 0.25) is 0 Å². The number of carbonyl (C=O) groups excluding carboxylic acids is 1. The molecule has 1 aliphatic carbocycles. The van der Waals surface area contributed by atoms with Crippen molar-refractivity contribution in [3.05, 3.63) is 24.3 Å². The first-order valence-electron chi connectivity index (χ1n) is 4.41. The molecule has 0 N–H and O–H groups in total. The zero-order valence-corrected chi connectivity index (χ0v) is 8.00. The van der Waals surface area contributed by atoms with Crippen LogP contribution in [0.25, 0.3) is 0 Å². The molecule has 0 aromatic heterocycles. The van der Waals surface area contributed by atoms with Gasteiger partial charge in [-0.05, 0) is 24.3 Å². The van der Waals surface area contributed by atoms with Gasteiger partial charge in [0.1, 0.15) is 0 Å². The minimum atomic E-state index is 0.139. The van der Waals surface area contributed by atoms with Gasteiger partial charge in [0.05, 0.1) is 0 Å². The van der Waals surface area contributed by atoms with Crippen molar-refractivity contribution < 1.29 is 4.79 Å². The highest BCUT2D eigenvalue weighted by Gasteiger charge is 2.29. The molecule has 1 atom stereocenters. The molecule has 66 valence electrons. The standard InChI is InChI=1S/C11H16O/c1-4-5-9-8-10(12)6-7-11(9,2)3/h4-7,9H,8H2,1-3H3/b5-4+. The molecule has 0 saturated carbocycles. The predicted molar refractivity (Wildman–Crippen MR) is 50.8 cm³/mol. The molecule has 0 aromatic carbocycles. The van der Waals surface area contributed by atoms with Gasteiger partial charge in [-0.25, -0.2) is 0 Å². The fraction of sp³-hybridized carbons (Fsp3) is 0.545. The van der Waals surface area contributed by atoms with Crippen LogP contribution >= 0.6 is 0 Å². The molecule has 1 heteroatoms. The van der Waals surface area contributed by atoms with Gasteiger partial charge in [-0.2, -0.15) is 0 Å². The molecule has 0 saturated heterocycles. The quantitative estimate of drug-likeness (QED) is 0.544. The highest BCUT2D eigenvalue weighted by atomic mass is 16.1. The monoisotopic (exact) mass is 164 g/mol. The average molecular weight is 164 g/mol. The Kier molecular flexibility index (Phi) is 2.51. The van der Waals surface area contributed by atoms with Gasteiger partial charge < -0.3 is 0 Å². The Balaban J connectivity index is 2.86. The van der Waals surface area contributed by atoms with E-state index in [4.69, 9.17) is 0 Å². The molecular weight excluding hydrogens is 148 g/mol. The molecule has 0 aliphatic heterocycles. The third-order valence-electron chi connectivity index (χ3n) is 2.50. The van der Waals surface area contributed by atoms with Gasteiger partial charge in [0.15, 0.2) is 5.78 Å². The molecule has 0 bridgehead atoms. The number of ketones is 1. The average Bonchev–Trinajstić information content (AvgIpc) is 1.98. The minimum absolute atomic E-state index is 0.139. The maximum Gasteiger partial charge on any atom is 0.156 e. The molecule has 0 radical (unpaired) electrons. The lowest BCUT2D eigenvalue weighted by Gasteiger charge is -2.31. The second-order valence-electron chi connectivity index (χ2n) is 3.96. The number of hydrogen-bond donors (Lipinski definition) is 0. The minimum Gasteiger partial charge on any atom is -0.295 e. The van der Waals surface area contributed by atoms with Crippen molar-refractivity contribution in [2.75, 3.05) is 0 Å². The SMILES string of the molecule is C/C=C/C1CC(=O)C=CC1(C)C. The highest BCUT2D eigenvalue weighted by molar-refractivity contribution is 5.91. The van der Waals surface area contributed by atoms with Crippen molar-refractivity contribution in [3.8, 4) is 0 Å². The summed E-state index contributed by atoms with van der Waals surface area (Å²) >= 11 is 0. The smallest absolute Gasteiger partial charge is 0.156 e. The van der Waals surface area contributed by atoms with Gasteiger partial charge in [0, 0.05) is 6.42 Å². The Morgan fingerprint density at radius 3 is 2.83 bits per heavy atom. The number of rotatable bonds is 1. The van der Waals surface area contributed by atoms with Crippen LogP contribution in [0.5, 0.6) is 0 Å². The Bertz CT molecular complexity index is 233.